The number of aliphatic hydroxyl groups excluding tert-OH is 1. The van der Waals surface area contributed by atoms with Crippen molar-refractivity contribution in [1.29, 1.82) is 5.26 Å². The van der Waals surface area contributed by atoms with Crippen LogP contribution < -0.4 is 0 Å². The summed E-state index contributed by atoms with van der Waals surface area (Å²) in [4.78, 5) is 2.38. The van der Waals surface area contributed by atoms with Crippen molar-refractivity contribution in [3.63, 3.8) is 0 Å². The highest BCUT2D eigenvalue weighted by Gasteiger charge is 2.23. The van der Waals surface area contributed by atoms with Gasteiger partial charge in [0.1, 0.15) is 0 Å². The molecule has 0 bridgehead atoms. The van der Waals surface area contributed by atoms with Gasteiger partial charge in [-0.15, -0.1) is 0 Å². The Balaban J connectivity index is 2.28. The van der Waals surface area contributed by atoms with Crippen LogP contribution in [0.15, 0.2) is 0 Å². The minimum atomic E-state index is 0.000556. The second-order valence-corrected chi connectivity index (χ2v) is 5.22. The Labute approximate surface area is 99.1 Å². The van der Waals surface area contributed by atoms with Crippen molar-refractivity contribution >= 4 is 0 Å². The molecule has 1 aliphatic rings. The van der Waals surface area contributed by atoms with Crippen LogP contribution in [0.25, 0.3) is 0 Å². The van der Waals surface area contributed by atoms with Crippen molar-refractivity contribution in [2.45, 2.75) is 33.1 Å². The fourth-order valence-corrected chi connectivity index (χ4v) is 2.47. The van der Waals surface area contributed by atoms with Crippen molar-refractivity contribution in [3.05, 3.63) is 0 Å². The van der Waals surface area contributed by atoms with Gasteiger partial charge in [-0.3, -0.25) is 0 Å². The first-order valence-corrected chi connectivity index (χ1v) is 6.40. The van der Waals surface area contributed by atoms with Crippen LogP contribution in [-0.4, -0.2) is 36.2 Å². The molecule has 0 saturated carbocycles. The van der Waals surface area contributed by atoms with E-state index in [0.29, 0.717) is 6.42 Å². The quantitative estimate of drug-likeness (QED) is 0.775. The van der Waals surface area contributed by atoms with Gasteiger partial charge in [0.25, 0.3) is 0 Å². The molecule has 0 spiro atoms. The van der Waals surface area contributed by atoms with Gasteiger partial charge in [-0.05, 0) is 44.2 Å². The highest BCUT2D eigenvalue weighted by molar-refractivity contribution is 4.86. The number of hydrogen-bond donors (Lipinski definition) is 1. The van der Waals surface area contributed by atoms with Gasteiger partial charge in [0.2, 0.25) is 0 Å². The maximum absolute atomic E-state index is 8.94. The number of aliphatic hydroxyl groups is 1. The Morgan fingerprint density at radius 3 is 2.44 bits per heavy atom. The summed E-state index contributed by atoms with van der Waals surface area (Å²) >= 11 is 0. The highest BCUT2D eigenvalue weighted by Crippen LogP contribution is 2.24. The monoisotopic (exact) mass is 224 g/mol. The van der Waals surface area contributed by atoms with E-state index in [9.17, 15) is 0 Å². The summed E-state index contributed by atoms with van der Waals surface area (Å²) in [5, 5.41) is 17.8. The maximum Gasteiger partial charge on any atom is 0.0670 e. The Morgan fingerprint density at radius 1 is 1.38 bits per heavy atom. The zero-order valence-electron chi connectivity index (χ0n) is 10.5. The largest absolute Gasteiger partial charge is 0.396 e. The SMILES string of the molecule is CC(C)C1CCN(CC(C#N)CCO)CC1. The fraction of sp³-hybridized carbons (Fsp3) is 0.923. The van der Waals surface area contributed by atoms with Crippen molar-refractivity contribution in [3.8, 4) is 6.07 Å². The molecule has 0 aromatic carbocycles. The fourth-order valence-electron chi connectivity index (χ4n) is 2.47. The summed E-state index contributed by atoms with van der Waals surface area (Å²) in [5.74, 6) is 1.64. The third kappa shape index (κ3) is 4.11. The first kappa shape index (κ1) is 13.5. The second kappa shape index (κ2) is 6.88. The molecule has 16 heavy (non-hydrogen) atoms. The molecule has 1 heterocycles. The van der Waals surface area contributed by atoms with Crippen LogP contribution in [-0.2, 0) is 0 Å². The third-order valence-corrected chi connectivity index (χ3v) is 3.71. The van der Waals surface area contributed by atoms with Gasteiger partial charge < -0.3 is 10.0 Å². The highest BCUT2D eigenvalue weighted by atomic mass is 16.3. The lowest BCUT2D eigenvalue weighted by Gasteiger charge is -2.34. The Hall–Kier alpha value is -0.590. The van der Waals surface area contributed by atoms with Gasteiger partial charge in [0, 0.05) is 13.2 Å². The third-order valence-electron chi connectivity index (χ3n) is 3.71. The molecule has 1 unspecified atom stereocenters. The lowest BCUT2D eigenvalue weighted by Crippen LogP contribution is -2.38. The van der Waals surface area contributed by atoms with Crippen LogP contribution in [0.5, 0.6) is 0 Å². The standard InChI is InChI=1S/C13H24N2O/c1-11(2)13-3-6-15(7-4-13)10-12(9-14)5-8-16/h11-13,16H,3-8,10H2,1-2H3. The molecule has 1 aliphatic heterocycles. The molecule has 3 nitrogen and oxygen atoms in total. The average Bonchev–Trinajstić information content (AvgIpc) is 2.29. The molecular formula is C13H24N2O. The van der Waals surface area contributed by atoms with Crippen molar-refractivity contribution in [1.82, 2.24) is 4.90 Å². The Kier molecular flexibility index (Phi) is 5.79. The number of hydrogen-bond acceptors (Lipinski definition) is 3. The first-order valence-electron chi connectivity index (χ1n) is 6.40. The summed E-state index contributed by atoms with van der Waals surface area (Å²) in [5.41, 5.74) is 0. The Morgan fingerprint density at radius 2 is 2.00 bits per heavy atom. The van der Waals surface area contributed by atoms with E-state index >= 15 is 0 Å². The maximum atomic E-state index is 8.94. The smallest absolute Gasteiger partial charge is 0.0670 e. The van der Waals surface area contributed by atoms with Gasteiger partial charge in [-0.1, -0.05) is 13.8 Å². The molecular weight excluding hydrogens is 200 g/mol. The van der Waals surface area contributed by atoms with Crippen LogP contribution in [0, 0.1) is 29.1 Å². The summed E-state index contributed by atoms with van der Waals surface area (Å²) in [6.45, 7) is 7.79. The molecule has 1 saturated heterocycles. The number of likely N-dealkylation sites (tertiary alicyclic amines) is 1. The lowest BCUT2D eigenvalue weighted by molar-refractivity contribution is 0.141. The van der Waals surface area contributed by atoms with Crippen LogP contribution in [0.1, 0.15) is 33.1 Å². The van der Waals surface area contributed by atoms with Crippen molar-refractivity contribution in [2.24, 2.45) is 17.8 Å². The molecule has 0 amide bonds. The molecule has 1 rings (SSSR count). The summed E-state index contributed by atoms with van der Waals surface area (Å²) in [7, 11) is 0. The molecule has 0 radical (unpaired) electrons. The molecule has 1 N–H and O–H groups in total. The van der Waals surface area contributed by atoms with E-state index < -0.39 is 0 Å². The van der Waals surface area contributed by atoms with Crippen LogP contribution in [0.2, 0.25) is 0 Å². The number of piperidine rings is 1. The van der Waals surface area contributed by atoms with E-state index in [1.165, 1.54) is 12.8 Å². The van der Waals surface area contributed by atoms with E-state index in [1.807, 2.05) is 0 Å². The number of nitriles is 1. The van der Waals surface area contributed by atoms with Crippen LogP contribution >= 0.6 is 0 Å². The molecule has 0 aliphatic carbocycles. The number of rotatable bonds is 5. The van der Waals surface area contributed by atoms with Gasteiger partial charge in [-0.25, -0.2) is 0 Å². The summed E-state index contributed by atoms with van der Waals surface area (Å²) in [6, 6.07) is 2.28. The normalized spacial score (nSPS) is 20.9. The molecule has 3 heteroatoms. The summed E-state index contributed by atoms with van der Waals surface area (Å²) in [6.07, 6.45) is 3.13. The Bertz CT molecular complexity index is 227. The van der Waals surface area contributed by atoms with Gasteiger partial charge in [0.15, 0.2) is 0 Å². The van der Waals surface area contributed by atoms with Gasteiger partial charge >= 0.3 is 0 Å². The lowest BCUT2D eigenvalue weighted by atomic mass is 9.86. The molecule has 0 aromatic heterocycles. The second-order valence-electron chi connectivity index (χ2n) is 5.22. The van der Waals surface area contributed by atoms with E-state index in [4.69, 9.17) is 10.4 Å². The topological polar surface area (TPSA) is 47.3 Å². The predicted octanol–water partition coefficient (Wildman–Crippen LogP) is 1.88. The predicted molar refractivity (Wildman–Crippen MR) is 64.8 cm³/mol. The average molecular weight is 224 g/mol. The molecule has 1 fully saturated rings. The van der Waals surface area contributed by atoms with E-state index in [-0.39, 0.29) is 12.5 Å². The zero-order chi connectivity index (χ0) is 12.0. The van der Waals surface area contributed by atoms with Crippen LogP contribution in [0.4, 0.5) is 0 Å². The van der Waals surface area contributed by atoms with Crippen molar-refractivity contribution in [2.75, 3.05) is 26.2 Å². The zero-order valence-corrected chi connectivity index (χ0v) is 10.5. The van der Waals surface area contributed by atoms with E-state index in [0.717, 1.165) is 31.5 Å². The van der Waals surface area contributed by atoms with Gasteiger partial charge in [-0.2, -0.15) is 5.26 Å². The minimum absolute atomic E-state index is 0.000556. The van der Waals surface area contributed by atoms with E-state index in [2.05, 4.69) is 24.8 Å². The van der Waals surface area contributed by atoms with Crippen molar-refractivity contribution < 1.29 is 5.11 Å². The molecule has 92 valence electrons. The van der Waals surface area contributed by atoms with Gasteiger partial charge in [0.05, 0.1) is 12.0 Å². The minimum Gasteiger partial charge on any atom is -0.396 e. The van der Waals surface area contributed by atoms with Crippen LogP contribution in [0.3, 0.4) is 0 Å². The van der Waals surface area contributed by atoms with E-state index in [1.54, 1.807) is 0 Å². The molecule has 0 aromatic rings. The first-order chi connectivity index (χ1) is 7.67. The summed E-state index contributed by atoms with van der Waals surface area (Å²) < 4.78 is 0. The molecule has 1 atom stereocenters. The number of nitrogens with zero attached hydrogens (tertiary/aromatic N) is 2.